The first-order chi connectivity index (χ1) is 19.6. The zero-order valence-electron chi connectivity index (χ0n) is 24.5. The van der Waals surface area contributed by atoms with E-state index in [-0.39, 0.29) is 24.6 Å². The van der Waals surface area contributed by atoms with E-state index in [9.17, 15) is 13.2 Å². The Morgan fingerprint density at radius 2 is 1.71 bits per heavy atom. The second-order valence-corrected chi connectivity index (χ2v) is 11.9. The molecule has 0 radical (unpaired) electrons. The van der Waals surface area contributed by atoms with Gasteiger partial charge in [-0.15, -0.1) is 0 Å². The number of anilines is 1. The van der Waals surface area contributed by atoms with Gasteiger partial charge >= 0.3 is 0 Å². The van der Waals surface area contributed by atoms with Crippen LogP contribution in [0, 0.1) is 31.5 Å². The maximum absolute atomic E-state index is 13.9. The number of rotatable bonds is 9. The Kier molecular flexibility index (Phi) is 8.74. The third-order valence-corrected chi connectivity index (χ3v) is 8.84. The van der Waals surface area contributed by atoms with Crippen molar-refractivity contribution >= 4 is 11.3 Å². The van der Waals surface area contributed by atoms with Crippen LogP contribution in [0.4, 0.5) is 18.9 Å². The maximum atomic E-state index is 13.9. The Labute approximate surface area is 243 Å². The summed E-state index contributed by atoms with van der Waals surface area (Å²) >= 11 is 0. The molecule has 2 aliphatic rings. The Balaban J connectivity index is 1.22. The second kappa shape index (κ2) is 12.3. The normalized spacial score (nSPS) is 18.2. The molecule has 216 valence electrons. The molecule has 5 heteroatoms. The Morgan fingerprint density at radius 1 is 0.976 bits per heavy atom. The Bertz CT molecular complexity index is 1410. The van der Waals surface area contributed by atoms with Crippen LogP contribution in [0.25, 0.3) is 5.57 Å². The third kappa shape index (κ3) is 6.78. The van der Waals surface area contributed by atoms with Crippen LogP contribution >= 0.6 is 0 Å². The SMILES string of the molecule is C=C(C1CCN(Cc2ccc(/C(=C\C)c3cccc(F)c3)c(C)c2)CC1)N(CC1CC(F)(F)C1)c1ccccc1C. The first kappa shape index (κ1) is 29.2. The summed E-state index contributed by atoms with van der Waals surface area (Å²) in [4.78, 5) is 4.72. The van der Waals surface area contributed by atoms with Crippen LogP contribution in [0.3, 0.4) is 0 Å². The van der Waals surface area contributed by atoms with E-state index in [1.54, 1.807) is 12.1 Å². The predicted molar refractivity (Wildman–Crippen MR) is 164 cm³/mol. The summed E-state index contributed by atoms with van der Waals surface area (Å²) in [5, 5.41) is 0. The summed E-state index contributed by atoms with van der Waals surface area (Å²) in [7, 11) is 0. The van der Waals surface area contributed by atoms with Crippen molar-refractivity contribution in [3.05, 3.63) is 119 Å². The van der Waals surface area contributed by atoms with Gasteiger partial charge in [-0.25, -0.2) is 13.2 Å². The van der Waals surface area contributed by atoms with Gasteiger partial charge in [0.1, 0.15) is 5.82 Å². The number of likely N-dealkylation sites (tertiary alicyclic amines) is 1. The fourth-order valence-electron chi connectivity index (χ4n) is 6.57. The van der Waals surface area contributed by atoms with Crippen LogP contribution in [0.5, 0.6) is 0 Å². The number of alkyl halides is 2. The van der Waals surface area contributed by atoms with Crippen LogP contribution in [0.1, 0.15) is 60.4 Å². The van der Waals surface area contributed by atoms with Gasteiger partial charge in [0.15, 0.2) is 0 Å². The van der Waals surface area contributed by atoms with Gasteiger partial charge in [-0.05, 0) is 104 Å². The van der Waals surface area contributed by atoms with Crippen molar-refractivity contribution in [2.24, 2.45) is 11.8 Å². The van der Waals surface area contributed by atoms with E-state index in [1.807, 2.05) is 31.2 Å². The molecule has 2 nitrogen and oxygen atoms in total. The van der Waals surface area contributed by atoms with Crippen molar-refractivity contribution in [3.63, 3.8) is 0 Å². The average Bonchev–Trinajstić information content (AvgIpc) is 2.93. The first-order valence-corrected chi connectivity index (χ1v) is 14.8. The van der Waals surface area contributed by atoms with E-state index in [2.05, 4.69) is 60.6 Å². The van der Waals surface area contributed by atoms with E-state index >= 15 is 0 Å². The number of nitrogens with zero attached hydrogens (tertiary/aromatic N) is 2. The van der Waals surface area contributed by atoms with Gasteiger partial charge in [-0.2, -0.15) is 0 Å². The molecule has 5 rings (SSSR count). The lowest BCUT2D eigenvalue weighted by Gasteiger charge is -2.42. The van der Waals surface area contributed by atoms with Crippen molar-refractivity contribution in [2.45, 2.75) is 58.9 Å². The minimum Gasteiger partial charge on any atom is -0.345 e. The summed E-state index contributed by atoms with van der Waals surface area (Å²) in [5.41, 5.74) is 8.79. The van der Waals surface area contributed by atoms with Crippen molar-refractivity contribution in [3.8, 4) is 0 Å². The molecule has 3 aromatic carbocycles. The van der Waals surface area contributed by atoms with Crippen molar-refractivity contribution in [2.75, 3.05) is 24.5 Å². The average molecular weight is 559 g/mol. The van der Waals surface area contributed by atoms with Gasteiger partial charge in [0.05, 0.1) is 0 Å². The standard InChI is InChI=1S/C36H41F3N2/c1-5-33(31-10-8-11-32(37)20-31)34-14-13-28(19-26(34)3)23-40-17-15-30(16-18-40)27(4)41(24-29-21-36(38,39)22-29)35-12-7-6-9-25(35)2/h5-14,19-20,29-30H,4,15-18,21-24H2,1-3H3/b33-5-. The molecule has 0 atom stereocenters. The van der Waals surface area contributed by atoms with Crippen LogP contribution in [0.15, 0.2) is 85.1 Å². The second-order valence-electron chi connectivity index (χ2n) is 11.9. The highest BCUT2D eigenvalue weighted by Crippen LogP contribution is 2.44. The quantitative estimate of drug-likeness (QED) is 0.258. The Hall–Kier alpha value is -3.31. The molecule has 1 aliphatic heterocycles. The van der Waals surface area contributed by atoms with Crippen LogP contribution in [-0.2, 0) is 6.54 Å². The lowest BCUT2D eigenvalue weighted by Crippen LogP contribution is -2.44. The highest BCUT2D eigenvalue weighted by molar-refractivity contribution is 5.81. The molecule has 0 aromatic heterocycles. The zero-order valence-corrected chi connectivity index (χ0v) is 24.5. The summed E-state index contributed by atoms with van der Waals surface area (Å²) in [6.45, 7) is 14.1. The van der Waals surface area contributed by atoms with Gasteiger partial charge in [-0.3, -0.25) is 4.90 Å². The molecule has 1 heterocycles. The number of hydrogen-bond acceptors (Lipinski definition) is 2. The summed E-state index contributed by atoms with van der Waals surface area (Å²) in [6, 6.07) is 21.6. The number of para-hydroxylation sites is 1. The highest BCUT2D eigenvalue weighted by atomic mass is 19.3. The minimum absolute atomic E-state index is 0.00311. The van der Waals surface area contributed by atoms with Crippen LogP contribution < -0.4 is 4.90 Å². The van der Waals surface area contributed by atoms with E-state index in [0.717, 1.165) is 66.1 Å². The summed E-state index contributed by atoms with van der Waals surface area (Å²) in [6.07, 6.45) is 3.99. The van der Waals surface area contributed by atoms with Gasteiger partial charge in [-0.1, -0.05) is 61.2 Å². The minimum atomic E-state index is -2.51. The van der Waals surface area contributed by atoms with E-state index in [4.69, 9.17) is 0 Å². The molecular weight excluding hydrogens is 517 g/mol. The fourth-order valence-corrected chi connectivity index (χ4v) is 6.57. The number of aryl methyl sites for hydroxylation is 2. The molecule has 1 aliphatic carbocycles. The van der Waals surface area contributed by atoms with E-state index in [0.29, 0.717) is 12.5 Å². The number of allylic oxidation sites excluding steroid dienone is 2. The number of benzene rings is 3. The van der Waals surface area contributed by atoms with Gasteiger partial charge in [0.25, 0.3) is 0 Å². The molecule has 0 N–H and O–H groups in total. The molecule has 0 amide bonds. The summed E-state index contributed by atoms with van der Waals surface area (Å²) in [5.74, 6) is -2.41. The number of hydrogen-bond donors (Lipinski definition) is 0. The molecule has 41 heavy (non-hydrogen) atoms. The number of halogens is 3. The highest BCUT2D eigenvalue weighted by Gasteiger charge is 2.46. The zero-order chi connectivity index (χ0) is 29.1. The summed E-state index contributed by atoms with van der Waals surface area (Å²) < 4.78 is 41.1. The first-order valence-electron chi connectivity index (χ1n) is 14.8. The van der Waals surface area contributed by atoms with E-state index in [1.165, 1.54) is 17.2 Å². The van der Waals surface area contributed by atoms with Crippen molar-refractivity contribution in [1.29, 1.82) is 0 Å². The monoisotopic (exact) mass is 558 g/mol. The van der Waals surface area contributed by atoms with Gasteiger partial charge in [0, 0.05) is 43.2 Å². The topological polar surface area (TPSA) is 6.48 Å². The van der Waals surface area contributed by atoms with Crippen molar-refractivity contribution in [1.82, 2.24) is 4.90 Å². The molecule has 1 saturated carbocycles. The Morgan fingerprint density at radius 3 is 2.34 bits per heavy atom. The van der Waals surface area contributed by atoms with Crippen LogP contribution in [-0.4, -0.2) is 30.5 Å². The van der Waals surface area contributed by atoms with E-state index < -0.39 is 5.92 Å². The lowest BCUT2D eigenvalue weighted by molar-refractivity contribution is -0.107. The molecular formula is C36H41F3N2. The predicted octanol–water partition coefficient (Wildman–Crippen LogP) is 9.17. The van der Waals surface area contributed by atoms with Crippen molar-refractivity contribution < 1.29 is 13.2 Å². The van der Waals surface area contributed by atoms with Gasteiger partial charge in [0.2, 0.25) is 5.92 Å². The van der Waals surface area contributed by atoms with Gasteiger partial charge < -0.3 is 4.90 Å². The van der Waals surface area contributed by atoms with Crippen LogP contribution in [0.2, 0.25) is 0 Å². The molecule has 0 unspecified atom stereocenters. The molecule has 0 bridgehead atoms. The third-order valence-electron chi connectivity index (χ3n) is 8.84. The molecule has 2 fully saturated rings. The fraction of sp³-hybridized carbons (Fsp3) is 0.389. The molecule has 3 aromatic rings. The largest absolute Gasteiger partial charge is 0.345 e. The lowest BCUT2D eigenvalue weighted by atomic mass is 9.80. The smallest absolute Gasteiger partial charge is 0.248 e. The maximum Gasteiger partial charge on any atom is 0.248 e. The molecule has 1 saturated heterocycles. The molecule has 0 spiro atoms. The number of piperidine rings is 1.